The molecule has 0 bridgehead atoms. The lowest BCUT2D eigenvalue weighted by Crippen LogP contribution is -2.31. The molecule has 1 aliphatic rings. The van der Waals surface area contributed by atoms with Crippen LogP contribution < -0.4 is 0 Å². The molecule has 0 fully saturated rings. The molecule has 0 N–H and O–H groups in total. The van der Waals surface area contributed by atoms with Gasteiger partial charge in [-0.05, 0) is 6.08 Å². The molecule has 0 amide bonds. The summed E-state index contributed by atoms with van der Waals surface area (Å²) in [5, 5.41) is 0. The second-order valence-electron chi connectivity index (χ2n) is 2.42. The average molecular weight is 125 g/mol. The summed E-state index contributed by atoms with van der Waals surface area (Å²) in [6.45, 7) is 3.15. The molecule has 0 aromatic heterocycles. The smallest absolute Gasteiger partial charge is 0.248 e. The van der Waals surface area contributed by atoms with Gasteiger partial charge in [-0.1, -0.05) is 0 Å². The van der Waals surface area contributed by atoms with E-state index in [0.717, 1.165) is 6.54 Å². The number of nitrogens with zero attached hydrogens (tertiary/aromatic N) is 2. The Morgan fingerprint density at radius 1 is 1.67 bits per heavy atom. The first-order valence-electron chi connectivity index (χ1n) is 3.16. The predicted molar refractivity (Wildman–Crippen MR) is 38.6 cm³/mol. The van der Waals surface area contributed by atoms with Crippen LogP contribution >= 0.6 is 0 Å². The molecule has 0 spiro atoms. The van der Waals surface area contributed by atoms with Gasteiger partial charge in [-0.25, -0.2) is 4.90 Å². The van der Waals surface area contributed by atoms with Gasteiger partial charge in [-0.3, -0.25) is 4.58 Å². The number of likely N-dealkylation sites (N-methyl/N-ethyl adjacent to an activating group) is 1. The average Bonchev–Trinajstić information content (AvgIpc) is 1.83. The van der Waals surface area contributed by atoms with E-state index >= 15 is 0 Å². The molecule has 1 heterocycles. The van der Waals surface area contributed by atoms with Gasteiger partial charge in [0.05, 0.1) is 20.3 Å². The highest BCUT2D eigenvalue weighted by Crippen LogP contribution is 1.94. The summed E-state index contributed by atoms with van der Waals surface area (Å²) in [5.74, 6) is 1.30. The van der Waals surface area contributed by atoms with E-state index in [9.17, 15) is 0 Å². The summed E-state index contributed by atoms with van der Waals surface area (Å²) >= 11 is 0. The van der Waals surface area contributed by atoms with Crippen molar-refractivity contribution in [1.29, 1.82) is 0 Å². The second-order valence-corrected chi connectivity index (χ2v) is 2.42. The molecule has 1 rings (SSSR count). The maximum atomic E-state index is 2.21. The van der Waals surface area contributed by atoms with Crippen LogP contribution in [0.2, 0.25) is 0 Å². The molecular weight excluding hydrogens is 112 g/mol. The summed E-state index contributed by atoms with van der Waals surface area (Å²) in [4.78, 5) is 2.11. The van der Waals surface area contributed by atoms with Crippen LogP contribution in [0.5, 0.6) is 0 Å². The van der Waals surface area contributed by atoms with Gasteiger partial charge in [0.1, 0.15) is 6.54 Å². The summed E-state index contributed by atoms with van der Waals surface area (Å²) in [6.07, 6.45) is 4.24. The molecule has 0 saturated heterocycles. The van der Waals surface area contributed by atoms with Crippen LogP contribution in [0.25, 0.3) is 0 Å². The van der Waals surface area contributed by atoms with Gasteiger partial charge in [-0.15, -0.1) is 0 Å². The zero-order chi connectivity index (χ0) is 6.85. The fourth-order valence-corrected chi connectivity index (χ4v) is 0.873. The van der Waals surface area contributed by atoms with E-state index < -0.39 is 0 Å². The molecule has 0 atom stereocenters. The summed E-state index contributed by atoms with van der Waals surface area (Å²) in [5.41, 5.74) is 0. The minimum atomic E-state index is 1.04. The summed E-state index contributed by atoms with van der Waals surface area (Å²) < 4.78 is 2.21. The third kappa shape index (κ3) is 1.12. The van der Waals surface area contributed by atoms with Gasteiger partial charge < -0.3 is 0 Å². The first kappa shape index (κ1) is 6.33. The normalized spacial score (nSPS) is 19.2. The van der Waals surface area contributed by atoms with Crippen LogP contribution in [-0.2, 0) is 0 Å². The van der Waals surface area contributed by atoms with Crippen molar-refractivity contribution in [2.45, 2.75) is 6.92 Å². The van der Waals surface area contributed by atoms with E-state index in [1.807, 2.05) is 0 Å². The Labute approximate surface area is 56.1 Å². The van der Waals surface area contributed by atoms with Crippen LogP contribution in [0, 0.1) is 0 Å². The molecule has 0 unspecified atom stereocenters. The third-order valence-corrected chi connectivity index (χ3v) is 1.77. The molecule has 0 aromatic rings. The highest BCUT2D eigenvalue weighted by atomic mass is 15.2. The van der Waals surface area contributed by atoms with Gasteiger partial charge in [0.25, 0.3) is 0 Å². The zero-order valence-electron chi connectivity index (χ0n) is 6.26. The molecular formula is C7H13N2+. The Morgan fingerprint density at radius 3 is 2.78 bits per heavy atom. The predicted octanol–water partition coefficient (Wildman–Crippen LogP) is 0.506. The van der Waals surface area contributed by atoms with Gasteiger partial charge in [0, 0.05) is 6.92 Å². The topological polar surface area (TPSA) is 6.25 Å². The van der Waals surface area contributed by atoms with E-state index in [1.54, 1.807) is 0 Å². The van der Waals surface area contributed by atoms with Crippen molar-refractivity contribution >= 4 is 5.84 Å². The fraction of sp³-hybridized carbons (Fsp3) is 0.571. The van der Waals surface area contributed by atoms with Gasteiger partial charge >= 0.3 is 0 Å². The van der Waals surface area contributed by atoms with Crippen molar-refractivity contribution in [2.24, 2.45) is 0 Å². The van der Waals surface area contributed by atoms with E-state index in [-0.39, 0.29) is 0 Å². The maximum Gasteiger partial charge on any atom is 0.248 e. The number of rotatable bonds is 0. The highest BCUT2D eigenvalue weighted by molar-refractivity contribution is 5.75. The molecule has 2 nitrogen and oxygen atoms in total. The zero-order valence-corrected chi connectivity index (χ0v) is 6.26. The standard InChI is InChI=1S/C7H13N2/c1-7-8(2)5-4-6-9(7)3/h4-5H,6H2,1-3H3/q+1. The molecule has 0 aromatic carbocycles. The van der Waals surface area contributed by atoms with Crippen molar-refractivity contribution in [2.75, 3.05) is 20.6 Å². The Bertz CT molecular complexity index is 168. The van der Waals surface area contributed by atoms with Gasteiger partial charge in [0.2, 0.25) is 5.84 Å². The maximum absolute atomic E-state index is 2.21. The molecule has 0 radical (unpaired) electrons. The van der Waals surface area contributed by atoms with Crippen LogP contribution in [0.1, 0.15) is 6.92 Å². The van der Waals surface area contributed by atoms with E-state index in [2.05, 4.69) is 42.8 Å². The Kier molecular flexibility index (Phi) is 1.56. The number of hydrogen-bond donors (Lipinski definition) is 0. The molecule has 9 heavy (non-hydrogen) atoms. The third-order valence-electron chi connectivity index (χ3n) is 1.77. The van der Waals surface area contributed by atoms with Gasteiger partial charge in [-0.2, -0.15) is 0 Å². The second kappa shape index (κ2) is 2.21. The van der Waals surface area contributed by atoms with Crippen molar-refractivity contribution in [3.63, 3.8) is 0 Å². The minimum absolute atomic E-state index is 1.04. The lowest BCUT2D eigenvalue weighted by Gasteiger charge is -2.13. The molecule has 0 aliphatic carbocycles. The first-order valence-corrected chi connectivity index (χ1v) is 3.16. The molecule has 0 saturated carbocycles. The lowest BCUT2D eigenvalue weighted by molar-refractivity contribution is -0.493. The van der Waals surface area contributed by atoms with Crippen molar-refractivity contribution < 1.29 is 4.58 Å². The lowest BCUT2D eigenvalue weighted by atomic mass is 10.4. The van der Waals surface area contributed by atoms with E-state index in [0.29, 0.717) is 0 Å². The van der Waals surface area contributed by atoms with E-state index in [1.165, 1.54) is 5.84 Å². The quantitative estimate of drug-likeness (QED) is 0.427. The van der Waals surface area contributed by atoms with Crippen LogP contribution in [0.15, 0.2) is 12.3 Å². The van der Waals surface area contributed by atoms with Gasteiger partial charge in [0.15, 0.2) is 0 Å². The van der Waals surface area contributed by atoms with Crippen molar-refractivity contribution in [3.05, 3.63) is 12.3 Å². The monoisotopic (exact) mass is 125 g/mol. The molecule has 50 valence electrons. The fourth-order valence-electron chi connectivity index (χ4n) is 0.873. The number of amidine groups is 1. The highest BCUT2D eigenvalue weighted by Gasteiger charge is 2.10. The van der Waals surface area contributed by atoms with Crippen LogP contribution in [0.3, 0.4) is 0 Å². The summed E-state index contributed by atoms with van der Waals surface area (Å²) in [6, 6.07) is 0. The van der Waals surface area contributed by atoms with Crippen LogP contribution in [0.4, 0.5) is 0 Å². The SMILES string of the molecule is CC1=[N+](C)CC=CN1C. The summed E-state index contributed by atoms with van der Waals surface area (Å²) in [7, 11) is 4.15. The van der Waals surface area contributed by atoms with Crippen molar-refractivity contribution in [3.8, 4) is 0 Å². The van der Waals surface area contributed by atoms with Crippen LogP contribution in [-0.4, -0.2) is 36.0 Å². The number of hydrogen-bond acceptors (Lipinski definition) is 1. The Balaban J connectivity index is 2.79. The minimum Gasteiger partial charge on any atom is -0.265 e. The Morgan fingerprint density at radius 2 is 2.33 bits per heavy atom. The van der Waals surface area contributed by atoms with Crippen molar-refractivity contribution in [1.82, 2.24) is 4.90 Å². The molecule has 2 heteroatoms. The largest absolute Gasteiger partial charge is 0.265 e. The molecule has 1 aliphatic heterocycles. The first-order chi connectivity index (χ1) is 4.22. The Hall–Kier alpha value is -0.790. The van der Waals surface area contributed by atoms with E-state index in [4.69, 9.17) is 0 Å².